The van der Waals surface area contributed by atoms with E-state index in [4.69, 9.17) is 5.26 Å². The molecule has 0 aromatic carbocycles. The van der Waals surface area contributed by atoms with Gasteiger partial charge in [-0.2, -0.15) is 5.26 Å². The second-order valence-corrected chi connectivity index (χ2v) is 5.98. The summed E-state index contributed by atoms with van der Waals surface area (Å²) in [6.07, 6.45) is 0. The van der Waals surface area contributed by atoms with E-state index in [1.54, 1.807) is 0 Å². The minimum Gasteiger partial charge on any atom is -0.298 e. The Kier molecular flexibility index (Phi) is 2.93. The van der Waals surface area contributed by atoms with Crippen molar-refractivity contribution in [1.29, 1.82) is 5.26 Å². The van der Waals surface area contributed by atoms with Crippen molar-refractivity contribution in [3.63, 3.8) is 0 Å². The first-order chi connectivity index (χ1) is 6.68. The van der Waals surface area contributed by atoms with Crippen LogP contribution in [0.3, 0.4) is 0 Å². The van der Waals surface area contributed by atoms with Crippen LogP contribution in [-0.4, -0.2) is 29.3 Å². The van der Waals surface area contributed by atoms with E-state index in [1.165, 1.54) is 0 Å². The summed E-state index contributed by atoms with van der Waals surface area (Å²) < 4.78 is 0. The summed E-state index contributed by atoms with van der Waals surface area (Å²) in [5.74, 6) is -0.376. The quantitative estimate of drug-likeness (QED) is 0.610. The summed E-state index contributed by atoms with van der Waals surface area (Å²) in [6, 6.07) is 2.12. The number of likely N-dealkylation sites (tertiary alicyclic amines) is 1. The van der Waals surface area contributed by atoms with Gasteiger partial charge in [0.05, 0.1) is 6.07 Å². The molecular weight excluding hydrogens is 188 g/mol. The van der Waals surface area contributed by atoms with Crippen LogP contribution in [0.25, 0.3) is 0 Å². The first-order valence-electron chi connectivity index (χ1n) is 5.37. The van der Waals surface area contributed by atoms with E-state index in [0.717, 1.165) is 6.54 Å². The van der Waals surface area contributed by atoms with Gasteiger partial charge in [-0.15, -0.1) is 0 Å². The smallest absolute Gasteiger partial charge is 0.158 e. The van der Waals surface area contributed by atoms with Crippen LogP contribution in [-0.2, 0) is 4.79 Å². The van der Waals surface area contributed by atoms with Crippen LogP contribution in [0.15, 0.2) is 0 Å². The number of piperidine rings is 1. The molecule has 1 aliphatic rings. The lowest BCUT2D eigenvalue weighted by Gasteiger charge is -2.45. The SMILES string of the molecule is CC1(C)CN(C(C)(C)C)CC(C#N)C1=O. The van der Waals surface area contributed by atoms with Crippen LogP contribution in [0.2, 0.25) is 0 Å². The maximum Gasteiger partial charge on any atom is 0.158 e. The Morgan fingerprint density at radius 3 is 2.40 bits per heavy atom. The summed E-state index contributed by atoms with van der Waals surface area (Å²) in [7, 11) is 0. The van der Waals surface area contributed by atoms with Gasteiger partial charge in [-0.1, -0.05) is 13.8 Å². The molecule has 1 unspecified atom stereocenters. The molecular formula is C12H20N2O. The Bertz CT molecular complexity index is 307. The second kappa shape index (κ2) is 3.61. The average molecular weight is 208 g/mol. The number of hydrogen-bond acceptors (Lipinski definition) is 3. The minimum atomic E-state index is -0.465. The van der Waals surface area contributed by atoms with Gasteiger partial charge < -0.3 is 0 Å². The summed E-state index contributed by atoms with van der Waals surface area (Å²) in [5.41, 5.74) is -0.376. The van der Waals surface area contributed by atoms with Crippen LogP contribution in [0.4, 0.5) is 0 Å². The first kappa shape index (κ1) is 12.2. The molecule has 0 bridgehead atoms. The summed E-state index contributed by atoms with van der Waals surface area (Å²) in [5, 5.41) is 8.98. The predicted molar refractivity (Wildman–Crippen MR) is 59.2 cm³/mol. The molecule has 3 nitrogen and oxygen atoms in total. The molecule has 0 amide bonds. The molecule has 1 aliphatic heterocycles. The molecule has 0 saturated carbocycles. The summed E-state index contributed by atoms with van der Waals surface area (Å²) >= 11 is 0. The van der Waals surface area contributed by atoms with Crippen molar-refractivity contribution >= 4 is 5.78 Å². The fraction of sp³-hybridized carbons (Fsp3) is 0.833. The third kappa shape index (κ3) is 2.38. The third-order valence-corrected chi connectivity index (χ3v) is 3.08. The maximum absolute atomic E-state index is 11.9. The number of Topliss-reactive ketones (excluding diaryl/α,β-unsaturated/α-hetero) is 1. The molecule has 1 rings (SSSR count). The lowest BCUT2D eigenvalue weighted by Crippen LogP contribution is -2.57. The molecule has 3 heteroatoms. The van der Waals surface area contributed by atoms with Crippen LogP contribution >= 0.6 is 0 Å². The fourth-order valence-electron chi connectivity index (χ4n) is 2.01. The average Bonchev–Trinajstić information content (AvgIpc) is 2.07. The molecule has 0 radical (unpaired) electrons. The molecule has 1 atom stereocenters. The van der Waals surface area contributed by atoms with Crippen LogP contribution in [0.5, 0.6) is 0 Å². The highest BCUT2D eigenvalue weighted by molar-refractivity contribution is 5.89. The van der Waals surface area contributed by atoms with E-state index in [1.807, 2.05) is 13.8 Å². The molecule has 84 valence electrons. The van der Waals surface area contributed by atoms with Gasteiger partial charge in [0, 0.05) is 24.0 Å². The standard InChI is InChI=1S/C12H20N2O/c1-11(2,3)14-7-9(6-13)10(15)12(4,5)8-14/h9H,7-8H2,1-5H3. The van der Waals surface area contributed by atoms with Gasteiger partial charge >= 0.3 is 0 Å². The zero-order chi connectivity index (χ0) is 11.9. The number of nitriles is 1. The van der Waals surface area contributed by atoms with Gasteiger partial charge in [-0.05, 0) is 20.8 Å². The zero-order valence-electron chi connectivity index (χ0n) is 10.3. The Hall–Kier alpha value is -0.880. The maximum atomic E-state index is 11.9. The van der Waals surface area contributed by atoms with Crippen molar-refractivity contribution in [2.75, 3.05) is 13.1 Å². The van der Waals surface area contributed by atoms with E-state index >= 15 is 0 Å². The number of hydrogen-bond donors (Lipinski definition) is 0. The first-order valence-corrected chi connectivity index (χ1v) is 5.37. The number of rotatable bonds is 0. The highest BCUT2D eigenvalue weighted by Crippen LogP contribution is 2.32. The van der Waals surface area contributed by atoms with Gasteiger partial charge in [0.15, 0.2) is 5.78 Å². The van der Waals surface area contributed by atoms with E-state index < -0.39 is 11.3 Å². The summed E-state index contributed by atoms with van der Waals surface area (Å²) in [6.45, 7) is 11.5. The summed E-state index contributed by atoms with van der Waals surface area (Å²) in [4.78, 5) is 14.1. The number of carbonyl (C=O) groups is 1. The van der Waals surface area contributed by atoms with Crippen molar-refractivity contribution in [1.82, 2.24) is 4.90 Å². The molecule has 0 aromatic heterocycles. The molecule has 0 spiro atoms. The molecule has 1 heterocycles. The van der Waals surface area contributed by atoms with E-state index in [2.05, 4.69) is 31.7 Å². The van der Waals surface area contributed by atoms with Crippen molar-refractivity contribution < 1.29 is 4.79 Å². The van der Waals surface area contributed by atoms with Gasteiger partial charge in [-0.25, -0.2) is 0 Å². The van der Waals surface area contributed by atoms with E-state index in [0.29, 0.717) is 6.54 Å². The van der Waals surface area contributed by atoms with Crippen molar-refractivity contribution in [3.8, 4) is 6.07 Å². The van der Waals surface area contributed by atoms with Crippen LogP contribution in [0.1, 0.15) is 34.6 Å². The fourth-order valence-corrected chi connectivity index (χ4v) is 2.01. The predicted octanol–water partition coefficient (Wildman–Crippen LogP) is 1.84. The van der Waals surface area contributed by atoms with Gasteiger partial charge in [0.25, 0.3) is 0 Å². The lowest BCUT2D eigenvalue weighted by atomic mass is 9.76. The molecule has 15 heavy (non-hydrogen) atoms. The lowest BCUT2D eigenvalue weighted by molar-refractivity contribution is -0.137. The van der Waals surface area contributed by atoms with Crippen molar-refractivity contribution in [2.24, 2.45) is 11.3 Å². The second-order valence-electron chi connectivity index (χ2n) is 5.98. The van der Waals surface area contributed by atoms with E-state index in [-0.39, 0.29) is 11.3 Å². The normalized spacial score (nSPS) is 27.5. The molecule has 0 aromatic rings. The zero-order valence-corrected chi connectivity index (χ0v) is 10.3. The Balaban J connectivity index is 2.94. The topological polar surface area (TPSA) is 44.1 Å². The monoisotopic (exact) mass is 208 g/mol. The van der Waals surface area contributed by atoms with Gasteiger partial charge in [0.2, 0.25) is 0 Å². The Labute approximate surface area is 92.1 Å². The van der Waals surface area contributed by atoms with E-state index in [9.17, 15) is 4.79 Å². The van der Waals surface area contributed by atoms with Crippen molar-refractivity contribution in [3.05, 3.63) is 0 Å². The number of carbonyl (C=O) groups excluding carboxylic acids is 1. The largest absolute Gasteiger partial charge is 0.298 e. The highest BCUT2D eigenvalue weighted by Gasteiger charge is 2.43. The Morgan fingerprint density at radius 2 is 2.00 bits per heavy atom. The molecule has 0 aliphatic carbocycles. The molecule has 1 saturated heterocycles. The molecule has 0 N–H and O–H groups in total. The minimum absolute atomic E-state index is 0.0209. The Morgan fingerprint density at radius 1 is 1.47 bits per heavy atom. The molecule has 1 fully saturated rings. The van der Waals surface area contributed by atoms with Gasteiger partial charge in [0.1, 0.15) is 5.92 Å². The van der Waals surface area contributed by atoms with Crippen LogP contribution in [0, 0.1) is 22.7 Å². The van der Waals surface area contributed by atoms with Gasteiger partial charge in [-0.3, -0.25) is 9.69 Å². The number of nitrogens with zero attached hydrogens (tertiary/aromatic N) is 2. The number of ketones is 1. The van der Waals surface area contributed by atoms with Crippen molar-refractivity contribution in [2.45, 2.75) is 40.2 Å². The third-order valence-electron chi connectivity index (χ3n) is 3.08. The highest BCUT2D eigenvalue weighted by atomic mass is 16.1. The van der Waals surface area contributed by atoms with Crippen LogP contribution < -0.4 is 0 Å².